The van der Waals surface area contributed by atoms with E-state index in [0.29, 0.717) is 5.76 Å². The van der Waals surface area contributed by atoms with E-state index in [9.17, 15) is 4.79 Å². The molecule has 1 amide bonds. The molecule has 3 rings (SSSR count). The van der Waals surface area contributed by atoms with Crippen molar-refractivity contribution in [2.75, 3.05) is 0 Å². The summed E-state index contributed by atoms with van der Waals surface area (Å²) in [6.45, 7) is 6.95. The summed E-state index contributed by atoms with van der Waals surface area (Å²) in [4.78, 5) is 12.4. The van der Waals surface area contributed by atoms with Crippen molar-refractivity contribution >= 4 is 5.91 Å². The van der Waals surface area contributed by atoms with E-state index in [0.717, 1.165) is 23.6 Å². The fraction of sp³-hybridized carbons (Fsp3) is 0.300. The monoisotopic (exact) mass is 353 g/mol. The van der Waals surface area contributed by atoms with Crippen LogP contribution >= 0.6 is 0 Å². The number of carbonyl (C=O) groups is 1. The van der Waals surface area contributed by atoms with Crippen LogP contribution in [0, 0.1) is 6.92 Å². The Balaban J connectivity index is 1.60. The predicted molar refractivity (Wildman–Crippen MR) is 98.0 cm³/mol. The Morgan fingerprint density at radius 3 is 2.85 bits per heavy atom. The number of ether oxygens (including phenoxy) is 1. The fourth-order valence-electron chi connectivity index (χ4n) is 2.76. The Morgan fingerprint density at radius 1 is 1.27 bits per heavy atom. The van der Waals surface area contributed by atoms with Crippen molar-refractivity contribution in [1.82, 2.24) is 15.1 Å². The molecule has 136 valence electrons. The molecule has 1 unspecified atom stereocenters. The number of nitrogens with one attached hydrogen (secondary N) is 1. The molecule has 0 bridgehead atoms. The minimum atomic E-state index is -0.261. The molecule has 6 nitrogen and oxygen atoms in total. The minimum absolute atomic E-state index is 0.165. The number of amides is 1. The molecule has 1 aromatic carbocycles. The highest BCUT2D eigenvalue weighted by atomic mass is 16.5. The fourth-order valence-corrected chi connectivity index (χ4v) is 2.76. The van der Waals surface area contributed by atoms with Gasteiger partial charge < -0.3 is 14.5 Å². The van der Waals surface area contributed by atoms with E-state index in [1.54, 1.807) is 18.3 Å². The molecule has 0 saturated carbocycles. The third kappa shape index (κ3) is 3.96. The second-order valence-electron chi connectivity index (χ2n) is 6.09. The smallest absolute Gasteiger partial charge is 0.287 e. The Morgan fingerprint density at radius 2 is 2.08 bits per heavy atom. The highest BCUT2D eigenvalue weighted by Gasteiger charge is 2.17. The normalized spacial score (nSPS) is 12.0. The lowest BCUT2D eigenvalue weighted by atomic mass is 10.2. The number of nitrogens with zero attached hydrogens (tertiary/aromatic N) is 2. The lowest BCUT2D eigenvalue weighted by molar-refractivity contribution is 0.0906. The third-order valence-electron chi connectivity index (χ3n) is 4.19. The number of hydrogen-bond acceptors (Lipinski definition) is 4. The molecule has 0 aliphatic rings. The first kappa shape index (κ1) is 17.8. The summed E-state index contributed by atoms with van der Waals surface area (Å²) in [6.07, 6.45) is 1.73. The number of furan rings is 1. The summed E-state index contributed by atoms with van der Waals surface area (Å²) in [5.74, 6) is 1.41. The van der Waals surface area contributed by atoms with Crippen LogP contribution in [-0.2, 0) is 13.2 Å². The van der Waals surface area contributed by atoms with E-state index < -0.39 is 0 Å². The van der Waals surface area contributed by atoms with E-state index in [2.05, 4.69) is 10.4 Å². The van der Waals surface area contributed by atoms with Crippen molar-refractivity contribution in [2.45, 2.75) is 40.0 Å². The van der Waals surface area contributed by atoms with Crippen LogP contribution in [0.1, 0.15) is 47.5 Å². The topological polar surface area (TPSA) is 69.3 Å². The molecule has 3 aromatic rings. The van der Waals surface area contributed by atoms with Crippen molar-refractivity contribution in [2.24, 2.45) is 0 Å². The quantitative estimate of drug-likeness (QED) is 0.700. The van der Waals surface area contributed by atoms with Crippen molar-refractivity contribution in [3.63, 3.8) is 0 Å². The maximum Gasteiger partial charge on any atom is 0.287 e. The number of benzene rings is 1. The van der Waals surface area contributed by atoms with Crippen molar-refractivity contribution in [3.8, 4) is 5.75 Å². The van der Waals surface area contributed by atoms with E-state index >= 15 is 0 Å². The molecular weight excluding hydrogens is 330 g/mol. The summed E-state index contributed by atoms with van der Waals surface area (Å²) in [6, 6.07) is 12.9. The van der Waals surface area contributed by atoms with Gasteiger partial charge in [0.2, 0.25) is 0 Å². The molecule has 26 heavy (non-hydrogen) atoms. The van der Waals surface area contributed by atoms with E-state index in [-0.39, 0.29) is 24.3 Å². The van der Waals surface area contributed by atoms with Crippen molar-refractivity contribution in [1.29, 1.82) is 0 Å². The summed E-state index contributed by atoms with van der Waals surface area (Å²) >= 11 is 0. The molecule has 0 aliphatic carbocycles. The highest BCUT2D eigenvalue weighted by Crippen LogP contribution is 2.19. The van der Waals surface area contributed by atoms with Gasteiger partial charge in [-0.25, -0.2) is 0 Å². The van der Waals surface area contributed by atoms with Gasteiger partial charge in [-0.3, -0.25) is 9.48 Å². The largest absolute Gasteiger partial charge is 0.485 e. The highest BCUT2D eigenvalue weighted by molar-refractivity contribution is 5.91. The molecule has 0 spiro atoms. The maximum absolute atomic E-state index is 12.4. The van der Waals surface area contributed by atoms with Crippen LogP contribution in [0.3, 0.4) is 0 Å². The summed E-state index contributed by atoms with van der Waals surface area (Å²) in [5.41, 5.74) is 2.01. The first-order valence-electron chi connectivity index (χ1n) is 8.68. The molecule has 0 radical (unpaired) electrons. The SMILES string of the molecule is CCn1nccc1C(C)NC(=O)c1ccc(COc2ccccc2C)o1. The Hall–Kier alpha value is -3.02. The van der Waals surface area contributed by atoms with Gasteiger partial charge in [-0.1, -0.05) is 18.2 Å². The van der Waals surface area contributed by atoms with Crippen LogP contribution in [0.5, 0.6) is 5.75 Å². The number of rotatable bonds is 7. The summed E-state index contributed by atoms with van der Waals surface area (Å²) in [5, 5.41) is 7.16. The van der Waals surface area contributed by atoms with Gasteiger partial charge in [0.25, 0.3) is 5.91 Å². The van der Waals surface area contributed by atoms with Crippen LogP contribution in [0.2, 0.25) is 0 Å². The van der Waals surface area contributed by atoms with Gasteiger partial charge in [0, 0.05) is 12.7 Å². The zero-order chi connectivity index (χ0) is 18.5. The zero-order valence-corrected chi connectivity index (χ0v) is 15.2. The van der Waals surface area contributed by atoms with Gasteiger partial charge in [0.15, 0.2) is 5.76 Å². The van der Waals surface area contributed by atoms with E-state index in [1.807, 2.05) is 55.8 Å². The molecule has 0 saturated heterocycles. The van der Waals surface area contributed by atoms with Gasteiger partial charge in [0.1, 0.15) is 18.1 Å². The van der Waals surface area contributed by atoms with Crippen LogP contribution < -0.4 is 10.1 Å². The molecule has 1 N–H and O–H groups in total. The van der Waals surface area contributed by atoms with E-state index in [4.69, 9.17) is 9.15 Å². The predicted octanol–water partition coefficient (Wildman–Crippen LogP) is 3.87. The number of carbonyl (C=O) groups excluding carboxylic acids is 1. The van der Waals surface area contributed by atoms with Crippen LogP contribution in [-0.4, -0.2) is 15.7 Å². The van der Waals surface area contributed by atoms with Crippen molar-refractivity contribution < 1.29 is 13.9 Å². The first-order valence-corrected chi connectivity index (χ1v) is 8.68. The zero-order valence-electron chi connectivity index (χ0n) is 15.2. The second kappa shape index (κ2) is 7.91. The lowest BCUT2D eigenvalue weighted by Gasteiger charge is -2.14. The maximum atomic E-state index is 12.4. The molecule has 6 heteroatoms. The van der Waals surface area contributed by atoms with Crippen molar-refractivity contribution in [3.05, 3.63) is 71.4 Å². The second-order valence-corrected chi connectivity index (χ2v) is 6.09. The number of aryl methyl sites for hydroxylation is 2. The molecular formula is C20H23N3O3. The van der Waals surface area contributed by atoms with E-state index in [1.165, 1.54) is 0 Å². The average molecular weight is 353 g/mol. The first-order chi connectivity index (χ1) is 12.6. The summed E-state index contributed by atoms with van der Waals surface area (Å²) < 4.78 is 13.2. The van der Waals surface area contributed by atoms with Crippen LogP contribution in [0.15, 0.2) is 53.1 Å². The van der Waals surface area contributed by atoms with Gasteiger partial charge >= 0.3 is 0 Å². The molecule has 0 fully saturated rings. The minimum Gasteiger partial charge on any atom is -0.485 e. The molecule has 2 heterocycles. The molecule has 0 aliphatic heterocycles. The van der Waals surface area contributed by atoms with Crippen LogP contribution in [0.25, 0.3) is 0 Å². The van der Waals surface area contributed by atoms with Gasteiger partial charge in [-0.2, -0.15) is 5.10 Å². The lowest BCUT2D eigenvalue weighted by Crippen LogP contribution is -2.28. The number of hydrogen-bond donors (Lipinski definition) is 1. The van der Waals surface area contributed by atoms with Crippen LogP contribution in [0.4, 0.5) is 0 Å². The number of para-hydroxylation sites is 1. The number of aromatic nitrogens is 2. The Labute approximate surface area is 152 Å². The van der Waals surface area contributed by atoms with Gasteiger partial charge in [0.05, 0.1) is 11.7 Å². The van der Waals surface area contributed by atoms with Gasteiger partial charge in [-0.15, -0.1) is 0 Å². The Kier molecular flexibility index (Phi) is 5.41. The third-order valence-corrected chi connectivity index (χ3v) is 4.19. The molecule has 1 atom stereocenters. The van der Waals surface area contributed by atoms with Gasteiger partial charge in [-0.05, 0) is 50.6 Å². The Bertz CT molecular complexity index is 882. The average Bonchev–Trinajstić information content (AvgIpc) is 3.30. The summed E-state index contributed by atoms with van der Waals surface area (Å²) in [7, 11) is 0. The molecule has 2 aromatic heterocycles. The standard InChI is InChI=1S/C20H23N3O3/c1-4-23-17(11-12-21-23)15(3)22-20(24)19-10-9-16(26-19)13-25-18-8-6-5-7-14(18)2/h5-12,15H,4,13H2,1-3H3,(H,22,24).